The summed E-state index contributed by atoms with van der Waals surface area (Å²) in [6.45, 7) is 0.121. The Balaban J connectivity index is 0.000000342. The van der Waals surface area contributed by atoms with Gasteiger partial charge in [0.1, 0.15) is 5.82 Å². The SMILES string of the molecule is NC(=O)CCNC(=O)c1cn[nH]c1-c1ccccc1F.c1ccccc1. The number of halogens is 1. The lowest BCUT2D eigenvalue weighted by Gasteiger charge is -2.05. The molecule has 2 amide bonds. The van der Waals surface area contributed by atoms with Gasteiger partial charge in [-0.2, -0.15) is 5.10 Å². The molecule has 6 nitrogen and oxygen atoms in total. The number of amides is 2. The number of nitrogens with zero attached hydrogens (tertiary/aromatic N) is 1. The number of carbonyl (C=O) groups is 2. The summed E-state index contributed by atoms with van der Waals surface area (Å²) in [5.74, 6) is -1.41. The van der Waals surface area contributed by atoms with Gasteiger partial charge in [-0.05, 0) is 12.1 Å². The fourth-order valence-electron chi connectivity index (χ4n) is 2.11. The molecular formula is C19H19FN4O2. The van der Waals surface area contributed by atoms with E-state index in [9.17, 15) is 14.0 Å². The van der Waals surface area contributed by atoms with Crippen LogP contribution in [0, 0.1) is 5.82 Å². The maximum atomic E-state index is 13.7. The normalized spacial score (nSPS) is 9.73. The predicted octanol–water partition coefficient (Wildman–Crippen LogP) is 2.51. The van der Waals surface area contributed by atoms with E-state index >= 15 is 0 Å². The molecule has 0 aliphatic carbocycles. The quantitative estimate of drug-likeness (QED) is 0.656. The van der Waals surface area contributed by atoms with Crippen LogP contribution in [0.1, 0.15) is 16.8 Å². The molecule has 7 heteroatoms. The Bertz CT molecular complexity index is 823. The fraction of sp³-hybridized carbons (Fsp3) is 0.105. The van der Waals surface area contributed by atoms with E-state index in [1.54, 1.807) is 18.2 Å². The third-order valence-corrected chi connectivity index (χ3v) is 3.35. The van der Waals surface area contributed by atoms with E-state index in [2.05, 4.69) is 15.5 Å². The van der Waals surface area contributed by atoms with Crippen LogP contribution in [0.15, 0.2) is 66.9 Å². The van der Waals surface area contributed by atoms with Crippen molar-refractivity contribution < 1.29 is 14.0 Å². The summed E-state index contributed by atoms with van der Waals surface area (Å²) in [6, 6.07) is 18.1. The number of aromatic amines is 1. The van der Waals surface area contributed by atoms with Crippen LogP contribution in [0.25, 0.3) is 11.3 Å². The first-order chi connectivity index (χ1) is 12.6. The van der Waals surface area contributed by atoms with E-state index in [4.69, 9.17) is 5.73 Å². The average Bonchev–Trinajstić information content (AvgIpc) is 3.13. The van der Waals surface area contributed by atoms with Crippen LogP contribution in [-0.2, 0) is 4.79 Å². The standard InChI is InChI=1S/C13H13FN4O2.C6H6/c14-10-4-2-1-3-8(10)12-9(7-17-18-12)13(20)16-6-5-11(15)19;1-2-4-6-5-3-1/h1-4,7H,5-6H2,(H2,15,19)(H,16,20)(H,17,18);1-6H. The Hall–Kier alpha value is -3.48. The van der Waals surface area contributed by atoms with Crippen LogP contribution >= 0.6 is 0 Å². The van der Waals surface area contributed by atoms with Gasteiger partial charge >= 0.3 is 0 Å². The fourth-order valence-corrected chi connectivity index (χ4v) is 2.11. The Kier molecular flexibility index (Phi) is 7.05. The van der Waals surface area contributed by atoms with E-state index in [-0.39, 0.29) is 24.1 Å². The van der Waals surface area contributed by atoms with Gasteiger partial charge in [-0.15, -0.1) is 0 Å². The molecule has 3 aromatic rings. The van der Waals surface area contributed by atoms with Crippen LogP contribution in [0.4, 0.5) is 4.39 Å². The molecular weight excluding hydrogens is 335 g/mol. The molecule has 0 saturated heterocycles. The molecule has 4 N–H and O–H groups in total. The van der Waals surface area contributed by atoms with Gasteiger partial charge in [0.2, 0.25) is 5.91 Å². The van der Waals surface area contributed by atoms with Crippen LogP contribution in [-0.4, -0.2) is 28.6 Å². The maximum Gasteiger partial charge on any atom is 0.255 e. The van der Waals surface area contributed by atoms with Crippen LogP contribution in [0.3, 0.4) is 0 Å². The number of carbonyl (C=O) groups excluding carboxylic acids is 2. The summed E-state index contributed by atoms with van der Waals surface area (Å²) in [6.07, 6.45) is 1.35. The van der Waals surface area contributed by atoms with E-state index in [1.807, 2.05) is 36.4 Å². The highest BCUT2D eigenvalue weighted by Gasteiger charge is 2.17. The number of aromatic nitrogens is 2. The zero-order valence-electron chi connectivity index (χ0n) is 14.0. The summed E-state index contributed by atoms with van der Waals surface area (Å²) >= 11 is 0. The van der Waals surface area contributed by atoms with Crippen LogP contribution in [0.5, 0.6) is 0 Å². The minimum atomic E-state index is -0.508. The molecule has 0 unspecified atom stereocenters. The number of H-pyrrole nitrogens is 1. The molecule has 26 heavy (non-hydrogen) atoms. The second kappa shape index (κ2) is 9.73. The van der Waals surface area contributed by atoms with Gasteiger partial charge in [0.25, 0.3) is 5.91 Å². The average molecular weight is 354 g/mol. The first-order valence-electron chi connectivity index (χ1n) is 7.94. The molecule has 0 aliphatic heterocycles. The molecule has 0 radical (unpaired) electrons. The second-order valence-electron chi connectivity index (χ2n) is 5.27. The van der Waals surface area contributed by atoms with Gasteiger partial charge in [0.05, 0.1) is 17.5 Å². The van der Waals surface area contributed by atoms with Crippen LogP contribution < -0.4 is 11.1 Å². The van der Waals surface area contributed by atoms with E-state index in [0.29, 0.717) is 5.69 Å². The van der Waals surface area contributed by atoms with Crippen molar-refractivity contribution in [2.45, 2.75) is 6.42 Å². The lowest BCUT2D eigenvalue weighted by Crippen LogP contribution is -2.28. The summed E-state index contributed by atoms with van der Waals surface area (Å²) in [5.41, 5.74) is 5.73. The van der Waals surface area contributed by atoms with Gasteiger partial charge < -0.3 is 11.1 Å². The molecule has 0 spiro atoms. The molecule has 0 atom stereocenters. The predicted molar refractivity (Wildman–Crippen MR) is 96.6 cm³/mol. The van der Waals surface area contributed by atoms with Gasteiger partial charge in [-0.25, -0.2) is 4.39 Å². The first-order valence-corrected chi connectivity index (χ1v) is 7.94. The van der Waals surface area contributed by atoms with Gasteiger partial charge in [0.15, 0.2) is 0 Å². The molecule has 1 aromatic heterocycles. The minimum absolute atomic E-state index is 0.0403. The Labute approximate surface area is 150 Å². The Morgan fingerprint density at radius 1 is 1.04 bits per heavy atom. The van der Waals surface area contributed by atoms with Crippen molar-refractivity contribution in [3.8, 4) is 11.3 Å². The zero-order valence-corrected chi connectivity index (χ0v) is 14.0. The van der Waals surface area contributed by atoms with Crippen molar-refractivity contribution in [2.75, 3.05) is 6.54 Å². The number of hydrogen-bond acceptors (Lipinski definition) is 3. The lowest BCUT2D eigenvalue weighted by molar-refractivity contribution is -0.117. The monoisotopic (exact) mass is 354 g/mol. The third kappa shape index (κ3) is 5.55. The topological polar surface area (TPSA) is 101 Å². The second-order valence-corrected chi connectivity index (χ2v) is 5.27. The summed E-state index contributed by atoms with van der Waals surface area (Å²) < 4.78 is 13.7. The van der Waals surface area contributed by atoms with Crippen molar-refractivity contribution in [1.82, 2.24) is 15.5 Å². The third-order valence-electron chi connectivity index (χ3n) is 3.35. The first kappa shape index (κ1) is 18.9. The number of rotatable bonds is 5. The summed E-state index contributed by atoms with van der Waals surface area (Å²) in [5, 5.41) is 8.88. The molecule has 0 saturated carbocycles. The van der Waals surface area contributed by atoms with Crippen molar-refractivity contribution in [3.05, 3.63) is 78.2 Å². The Morgan fingerprint density at radius 3 is 2.23 bits per heavy atom. The lowest BCUT2D eigenvalue weighted by atomic mass is 10.1. The largest absolute Gasteiger partial charge is 0.370 e. The summed E-state index contributed by atoms with van der Waals surface area (Å²) in [4.78, 5) is 22.6. The van der Waals surface area contributed by atoms with E-state index in [1.165, 1.54) is 12.3 Å². The van der Waals surface area contributed by atoms with Gasteiger partial charge in [-0.3, -0.25) is 14.7 Å². The smallest absolute Gasteiger partial charge is 0.255 e. The number of nitrogens with one attached hydrogen (secondary N) is 2. The number of primary amides is 1. The molecule has 0 bridgehead atoms. The van der Waals surface area contributed by atoms with E-state index in [0.717, 1.165) is 0 Å². The number of hydrogen-bond donors (Lipinski definition) is 3. The number of nitrogens with two attached hydrogens (primary N) is 1. The molecule has 2 aromatic carbocycles. The molecule has 3 rings (SSSR count). The molecule has 0 aliphatic rings. The Morgan fingerprint density at radius 2 is 1.65 bits per heavy atom. The molecule has 1 heterocycles. The van der Waals surface area contributed by atoms with Crippen molar-refractivity contribution in [2.24, 2.45) is 5.73 Å². The zero-order chi connectivity index (χ0) is 18.8. The highest BCUT2D eigenvalue weighted by atomic mass is 19.1. The van der Waals surface area contributed by atoms with Gasteiger partial charge in [-0.1, -0.05) is 48.5 Å². The molecule has 134 valence electrons. The van der Waals surface area contributed by atoms with Crippen molar-refractivity contribution in [3.63, 3.8) is 0 Å². The van der Waals surface area contributed by atoms with Crippen LogP contribution in [0.2, 0.25) is 0 Å². The van der Waals surface area contributed by atoms with Crippen molar-refractivity contribution >= 4 is 11.8 Å². The van der Waals surface area contributed by atoms with Crippen molar-refractivity contribution in [1.29, 1.82) is 0 Å². The summed E-state index contributed by atoms with van der Waals surface area (Å²) in [7, 11) is 0. The van der Waals surface area contributed by atoms with Gasteiger partial charge in [0, 0.05) is 18.5 Å². The molecule has 0 fully saturated rings. The highest BCUT2D eigenvalue weighted by Crippen LogP contribution is 2.23. The number of benzene rings is 2. The maximum absolute atomic E-state index is 13.7. The highest BCUT2D eigenvalue weighted by molar-refractivity contribution is 5.99. The van der Waals surface area contributed by atoms with E-state index < -0.39 is 17.6 Å². The minimum Gasteiger partial charge on any atom is -0.370 e.